The van der Waals surface area contributed by atoms with Crippen molar-refractivity contribution in [1.29, 1.82) is 0 Å². The molecule has 0 radical (unpaired) electrons. The molecule has 0 amide bonds. The number of hydrogen-bond acceptors (Lipinski definition) is 5. The summed E-state index contributed by atoms with van der Waals surface area (Å²) < 4.78 is 1.96. The average Bonchev–Trinajstić information content (AvgIpc) is 2.98. The van der Waals surface area contributed by atoms with Gasteiger partial charge in [-0.1, -0.05) is 30.7 Å². The summed E-state index contributed by atoms with van der Waals surface area (Å²) in [6.45, 7) is 9.19. The first kappa shape index (κ1) is 20.4. The molecule has 3 heterocycles. The maximum atomic E-state index is 6.26. The normalized spacial score (nSPS) is 19.1. The molecule has 1 fully saturated rings. The Kier molecular flexibility index (Phi) is 5.69. The van der Waals surface area contributed by atoms with E-state index in [9.17, 15) is 0 Å². The number of halogens is 2. The second-order valence-corrected chi connectivity index (χ2v) is 8.49. The summed E-state index contributed by atoms with van der Waals surface area (Å²) >= 11 is 12.3. The molecule has 29 heavy (non-hydrogen) atoms. The molecular formula is C21H26Cl2N6. The highest BCUT2D eigenvalue weighted by atomic mass is 35.5. The number of rotatable bonds is 4. The topological polar surface area (TPSA) is 50.1 Å². The van der Waals surface area contributed by atoms with Crippen molar-refractivity contribution in [2.24, 2.45) is 7.05 Å². The molecule has 4 rings (SSSR count). The van der Waals surface area contributed by atoms with Crippen molar-refractivity contribution in [2.75, 3.05) is 24.5 Å². The smallest absolute Gasteiger partial charge is 0.226 e. The fourth-order valence-electron chi connectivity index (χ4n) is 4.30. The van der Waals surface area contributed by atoms with Crippen LogP contribution in [0.5, 0.6) is 0 Å². The number of nitrogens with zero attached hydrogens (tertiary/aromatic N) is 6. The SMILES string of the molecule is CCC(c1ccc(Cl)cc1)N1CCN(c2nc(Cl)nc3c2nc(C)n3C)C(C)C1. The summed E-state index contributed by atoms with van der Waals surface area (Å²) in [5, 5.41) is 1.04. The summed E-state index contributed by atoms with van der Waals surface area (Å²) in [5.74, 6) is 1.73. The Morgan fingerprint density at radius 2 is 1.83 bits per heavy atom. The highest BCUT2D eigenvalue weighted by Crippen LogP contribution is 2.32. The van der Waals surface area contributed by atoms with E-state index in [1.54, 1.807) is 0 Å². The van der Waals surface area contributed by atoms with Crippen LogP contribution in [0.1, 0.15) is 37.7 Å². The lowest BCUT2D eigenvalue weighted by Gasteiger charge is -2.43. The summed E-state index contributed by atoms with van der Waals surface area (Å²) in [7, 11) is 1.96. The van der Waals surface area contributed by atoms with Gasteiger partial charge in [-0.3, -0.25) is 4.90 Å². The number of aromatic nitrogens is 4. The Labute approximate surface area is 181 Å². The van der Waals surface area contributed by atoms with Crippen LogP contribution < -0.4 is 4.90 Å². The summed E-state index contributed by atoms with van der Waals surface area (Å²) in [6.07, 6.45) is 1.05. The van der Waals surface area contributed by atoms with Crippen LogP contribution in [0.15, 0.2) is 24.3 Å². The zero-order valence-corrected chi connectivity index (χ0v) is 18.7. The van der Waals surface area contributed by atoms with Crippen LogP contribution in [-0.4, -0.2) is 50.1 Å². The molecule has 2 unspecified atom stereocenters. The Hall–Kier alpha value is -1.89. The molecule has 0 saturated carbocycles. The van der Waals surface area contributed by atoms with Crippen molar-refractivity contribution >= 4 is 40.2 Å². The number of anilines is 1. The third-order valence-corrected chi connectivity index (χ3v) is 6.33. The first-order valence-electron chi connectivity index (χ1n) is 10.0. The van der Waals surface area contributed by atoms with Gasteiger partial charge in [-0.15, -0.1) is 0 Å². The monoisotopic (exact) mass is 432 g/mol. The quantitative estimate of drug-likeness (QED) is 0.561. The fourth-order valence-corrected chi connectivity index (χ4v) is 4.59. The van der Waals surface area contributed by atoms with Gasteiger partial charge in [0.1, 0.15) is 5.82 Å². The molecule has 0 bridgehead atoms. The van der Waals surface area contributed by atoms with Crippen LogP contribution in [-0.2, 0) is 7.05 Å². The van der Waals surface area contributed by atoms with Crippen molar-refractivity contribution in [3.63, 3.8) is 0 Å². The number of piperazine rings is 1. The predicted octanol–water partition coefficient (Wildman–Crippen LogP) is 4.64. The van der Waals surface area contributed by atoms with Crippen molar-refractivity contribution in [2.45, 2.75) is 39.3 Å². The molecule has 1 aromatic carbocycles. The van der Waals surface area contributed by atoms with E-state index in [4.69, 9.17) is 28.2 Å². The van der Waals surface area contributed by atoms with Gasteiger partial charge in [0, 0.05) is 43.8 Å². The van der Waals surface area contributed by atoms with Crippen LogP contribution in [0, 0.1) is 6.92 Å². The van der Waals surface area contributed by atoms with Gasteiger partial charge in [-0.2, -0.15) is 9.97 Å². The minimum atomic E-state index is 0.262. The number of imidazole rings is 1. The number of fused-ring (bicyclic) bond motifs is 1. The van der Waals surface area contributed by atoms with E-state index in [0.29, 0.717) is 6.04 Å². The molecule has 3 aromatic rings. The standard InChI is InChI=1S/C21H26Cl2N6/c1-5-17(15-6-8-16(22)9-7-15)28-10-11-29(13(2)12-28)20-18-19(25-21(23)26-20)27(4)14(3)24-18/h6-9,13,17H,5,10-12H2,1-4H3. The van der Waals surface area contributed by atoms with Crippen LogP contribution in [0.3, 0.4) is 0 Å². The second-order valence-electron chi connectivity index (χ2n) is 7.72. The largest absolute Gasteiger partial charge is 0.349 e. The zero-order chi connectivity index (χ0) is 20.7. The molecule has 0 N–H and O–H groups in total. The van der Waals surface area contributed by atoms with E-state index in [1.807, 2.05) is 30.7 Å². The number of aryl methyl sites for hydroxylation is 2. The summed E-state index contributed by atoms with van der Waals surface area (Å²) in [4.78, 5) is 18.5. The van der Waals surface area contributed by atoms with Crippen LogP contribution in [0.2, 0.25) is 10.3 Å². The highest BCUT2D eigenvalue weighted by molar-refractivity contribution is 6.30. The number of hydrogen-bond donors (Lipinski definition) is 0. The molecule has 6 nitrogen and oxygen atoms in total. The fraction of sp³-hybridized carbons (Fsp3) is 0.476. The molecule has 1 saturated heterocycles. The van der Waals surface area contributed by atoms with Gasteiger partial charge in [0.15, 0.2) is 17.0 Å². The van der Waals surface area contributed by atoms with Crippen LogP contribution >= 0.6 is 23.2 Å². The molecule has 0 aliphatic carbocycles. The van der Waals surface area contributed by atoms with Gasteiger partial charge < -0.3 is 9.47 Å². The molecular weight excluding hydrogens is 407 g/mol. The lowest BCUT2D eigenvalue weighted by atomic mass is 10.0. The van der Waals surface area contributed by atoms with Crippen LogP contribution in [0.25, 0.3) is 11.2 Å². The van der Waals surface area contributed by atoms with E-state index in [0.717, 1.165) is 53.9 Å². The first-order valence-corrected chi connectivity index (χ1v) is 10.8. The molecule has 1 aliphatic heterocycles. The van der Waals surface area contributed by atoms with E-state index < -0.39 is 0 Å². The third kappa shape index (κ3) is 3.81. The summed E-state index contributed by atoms with van der Waals surface area (Å²) in [5.41, 5.74) is 2.91. The average molecular weight is 433 g/mol. The second kappa shape index (κ2) is 8.09. The van der Waals surface area contributed by atoms with Gasteiger partial charge in [0.2, 0.25) is 5.28 Å². The van der Waals surface area contributed by atoms with E-state index in [1.165, 1.54) is 5.56 Å². The number of benzene rings is 1. The minimum Gasteiger partial charge on any atom is -0.349 e. The third-order valence-electron chi connectivity index (χ3n) is 5.91. The Morgan fingerprint density at radius 1 is 1.10 bits per heavy atom. The molecule has 2 aromatic heterocycles. The molecule has 1 aliphatic rings. The van der Waals surface area contributed by atoms with E-state index >= 15 is 0 Å². The van der Waals surface area contributed by atoms with Gasteiger partial charge in [0.25, 0.3) is 0 Å². The van der Waals surface area contributed by atoms with Crippen molar-refractivity contribution in [3.8, 4) is 0 Å². The van der Waals surface area contributed by atoms with E-state index in [-0.39, 0.29) is 11.3 Å². The Balaban J connectivity index is 1.60. The van der Waals surface area contributed by atoms with Gasteiger partial charge >= 0.3 is 0 Å². The maximum Gasteiger partial charge on any atom is 0.226 e. The molecule has 8 heteroatoms. The Bertz CT molecular complexity index is 1020. The molecule has 2 atom stereocenters. The minimum absolute atomic E-state index is 0.262. The lowest BCUT2D eigenvalue weighted by Crippen LogP contribution is -2.53. The summed E-state index contributed by atoms with van der Waals surface area (Å²) in [6, 6.07) is 8.88. The first-order chi connectivity index (χ1) is 13.9. The Morgan fingerprint density at radius 3 is 2.48 bits per heavy atom. The van der Waals surface area contributed by atoms with Crippen molar-refractivity contribution in [1.82, 2.24) is 24.4 Å². The van der Waals surface area contributed by atoms with Gasteiger partial charge in [-0.25, -0.2) is 4.98 Å². The highest BCUT2D eigenvalue weighted by Gasteiger charge is 2.31. The molecule has 154 valence electrons. The maximum absolute atomic E-state index is 6.26. The predicted molar refractivity (Wildman–Crippen MR) is 119 cm³/mol. The van der Waals surface area contributed by atoms with Gasteiger partial charge in [0.05, 0.1) is 0 Å². The van der Waals surface area contributed by atoms with Crippen LogP contribution in [0.4, 0.5) is 5.82 Å². The van der Waals surface area contributed by atoms with Gasteiger partial charge in [-0.05, 0) is 49.6 Å². The molecule has 0 spiro atoms. The van der Waals surface area contributed by atoms with E-state index in [2.05, 4.69) is 45.7 Å². The zero-order valence-electron chi connectivity index (χ0n) is 17.2. The van der Waals surface area contributed by atoms with Crippen molar-refractivity contribution < 1.29 is 0 Å². The van der Waals surface area contributed by atoms with Crippen molar-refractivity contribution in [3.05, 3.63) is 46.0 Å². The lowest BCUT2D eigenvalue weighted by molar-refractivity contribution is 0.160.